The van der Waals surface area contributed by atoms with Crippen molar-refractivity contribution in [3.8, 4) is 0 Å². The molecule has 1 aromatic rings. The second-order valence-electron chi connectivity index (χ2n) is 5.67. The summed E-state index contributed by atoms with van der Waals surface area (Å²) in [6, 6.07) is 0. The highest BCUT2D eigenvalue weighted by molar-refractivity contribution is 5.59. The molecule has 0 radical (unpaired) electrons. The fraction of sp³-hybridized carbons (Fsp3) is 0.733. The van der Waals surface area contributed by atoms with E-state index in [1.165, 1.54) is 18.4 Å². The van der Waals surface area contributed by atoms with Gasteiger partial charge in [0.1, 0.15) is 18.0 Å². The lowest BCUT2D eigenvalue weighted by atomic mass is 10.1. The SMILES string of the molecule is CCCc1c(NCC)ncnc1N1CC2CCC(C1)O2. The van der Waals surface area contributed by atoms with Gasteiger partial charge in [0.2, 0.25) is 0 Å². The van der Waals surface area contributed by atoms with Gasteiger partial charge >= 0.3 is 0 Å². The molecule has 1 N–H and O–H groups in total. The predicted molar refractivity (Wildman–Crippen MR) is 80.3 cm³/mol. The first-order valence-corrected chi connectivity index (χ1v) is 7.80. The van der Waals surface area contributed by atoms with E-state index in [0.717, 1.165) is 44.1 Å². The smallest absolute Gasteiger partial charge is 0.137 e. The summed E-state index contributed by atoms with van der Waals surface area (Å²) in [5.41, 5.74) is 1.26. The van der Waals surface area contributed by atoms with Crippen LogP contribution in [0.2, 0.25) is 0 Å². The first-order chi connectivity index (χ1) is 9.81. The van der Waals surface area contributed by atoms with Gasteiger partial charge in [-0.3, -0.25) is 0 Å². The average molecular weight is 276 g/mol. The third kappa shape index (κ3) is 2.59. The largest absolute Gasteiger partial charge is 0.371 e. The minimum atomic E-state index is 0.390. The molecule has 0 saturated carbocycles. The van der Waals surface area contributed by atoms with E-state index in [4.69, 9.17) is 4.74 Å². The van der Waals surface area contributed by atoms with Gasteiger partial charge in [0.25, 0.3) is 0 Å². The molecule has 2 saturated heterocycles. The van der Waals surface area contributed by atoms with E-state index >= 15 is 0 Å². The molecule has 0 aromatic carbocycles. The molecule has 1 aromatic heterocycles. The molecule has 0 amide bonds. The summed E-state index contributed by atoms with van der Waals surface area (Å²) in [7, 11) is 0. The summed E-state index contributed by atoms with van der Waals surface area (Å²) < 4.78 is 5.93. The van der Waals surface area contributed by atoms with Crippen molar-refractivity contribution in [3.05, 3.63) is 11.9 Å². The number of hydrogen-bond acceptors (Lipinski definition) is 5. The van der Waals surface area contributed by atoms with Crippen LogP contribution in [-0.4, -0.2) is 41.8 Å². The zero-order valence-corrected chi connectivity index (χ0v) is 12.4. The maximum atomic E-state index is 5.93. The lowest BCUT2D eigenvalue weighted by molar-refractivity contribution is 0.0301. The molecule has 2 atom stereocenters. The van der Waals surface area contributed by atoms with Gasteiger partial charge in [0, 0.05) is 25.2 Å². The molecule has 2 fully saturated rings. The molecular weight excluding hydrogens is 252 g/mol. The molecule has 0 aliphatic carbocycles. The van der Waals surface area contributed by atoms with Crippen LogP contribution in [0.5, 0.6) is 0 Å². The van der Waals surface area contributed by atoms with Crippen molar-refractivity contribution >= 4 is 11.6 Å². The minimum absolute atomic E-state index is 0.390. The molecule has 0 spiro atoms. The third-order valence-corrected chi connectivity index (χ3v) is 4.11. The van der Waals surface area contributed by atoms with Crippen LogP contribution < -0.4 is 10.2 Å². The molecule has 2 aliphatic rings. The number of aromatic nitrogens is 2. The molecule has 2 unspecified atom stereocenters. The van der Waals surface area contributed by atoms with E-state index in [-0.39, 0.29) is 0 Å². The maximum absolute atomic E-state index is 5.93. The number of morpholine rings is 1. The maximum Gasteiger partial charge on any atom is 0.137 e. The lowest BCUT2D eigenvalue weighted by Gasteiger charge is -2.34. The van der Waals surface area contributed by atoms with Gasteiger partial charge in [-0.25, -0.2) is 9.97 Å². The number of ether oxygens (including phenoxy) is 1. The summed E-state index contributed by atoms with van der Waals surface area (Å²) >= 11 is 0. The highest BCUT2D eigenvalue weighted by Gasteiger charge is 2.35. The number of fused-ring (bicyclic) bond motifs is 2. The fourth-order valence-electron chi connectivity index (χ4n) is 3.26. The molecule has 5 nitrogen and oxygen atoms in total. The first kappa shape index (κ1) is 13.6. The standard InChI is InChI=1S/C15H24N4O/c1-3-5-13-14(16-4-2)17-10-18-15(13)19-8-11-6-7-12(9-19)20-11/h10-12H,3-9H2,1-2H3,(H,16,17,18). The predicted octanol–water partition coefficient (Wildman–Crippen LogP) is 2.23. The van der Waals surface area contributed by atoms with Crippen LogP contribution >= 0.6 is 0 Å². The second-order valence-corrected chi connectivity index (χ2v) is 5.67. The van der Waals surface area contributed by atoms with Crippen LogP contribution in [0.4, 0.5) is 11.6 Å². The van der Waals surface area contributed by atoms with Crippen LogP contribution in [0.15, 0.2) is 6.33 Å². The summed E-state index contributed by atoms with van der Waals surface area (Å²) in [6.07, 6.45) is 6.97. The van der Waals surface area contributed by atoms with Crippen molar-refractivity contribution in [2.45, 2.75) is 51.7 Å². The number of rotatable bonds is 5. The van der Waals surface area contributed by atoms with Crippen LogP contribution in [0.3, 0.4) is 0 Å². The quantitative estimate of drug-likeness (QED) is 0.893. The Hall–Kier alpha value is -1.36. The Morgan fingerprint density at radius 2 is 2.00 bits per heavy atom. The van der Waals surface area contributed by atoms with E-state index in [1.54, 1.807) is 6.33 Å². The normalized spacial score (nSPS) is 25.0. The topological polar surface area (TPSA) is 50.3 Å². The monoisotopic (exact) mass is 276 g/mol. The van der Waals surface area contributed by atoms with E-state index in [9.17, 15) is 0 Å². The molecule has 110 valence electrons. The van der Waals surface area contributed by atoms with Crippen molar-refractivity contribution < 1.29 is 4.74 Å². The fourth-order valence-corrected chi connectivity index (χ4v) is 3.26. The Balaban J connectivity index is 1.89. The number of nitrogens with zero attached hydrogens (tertiary/aromatic N) is 3. The summed E-state index contributed by atoms with van der Waals surface area (Å²) in [5, 5.41) is 3.37. The molecule has 20 heavy (non-hydrogen) atoms. The van der Waals surface area contributed by atoms with Crippen LogP contribution in [0.1, 0.15) is 38.7 Å². The van der Waals surface area contributed by atoms with Gasteiger partial charge in [0.15, 0.2) is 0 Å². The Bertz CT molecular complexity index is 453. The van der Waals surface area contributed by atoms with Crippen molar-refractivity contribution in [3.63, 3.8) is 0 Å². The van der Waals surface area contributed by atoms with E-state index in [0.29, 0.717) is 12.2 Å². The Morgan fingerprint density at radius 1 is 1.25 bits per heavy atom. The lowest BCUT2D eigenvalue weighted by Crippen LogP contribution is -2.43. The average Bonchev–Trinajstić information content (AvgIpc) is 2.80. The highest BCUT2D eigenvalue weighted by atomic mass is 16.5. The van der Waals surface area contributed by atoms with Crippen molar-refractivity contribution in [2.24, 2.45) is 0 Å². The molecule has 3 rings (SSSR count). The van der Waals surface area contributed by atoms with E-state index in [1.807, 2.05) is 0 Å². The van der Waals surface area contributed by atoms with Gasteiger partial charge in [-0.05, 0) is 26.2 Å². The number of hydrogen-bond donors (Lipinski definition) is 1. The van der Waals surface area contributed by atoms with E-state index in [2.05, 4.69) is 34.0 Å². The summed E-state index contributed by atoms with van der Waals surface area (Å²) in [4.78, 5) is 11.4. The van der Waals surface area contributed by atoms with Gasteiger partial charge in [-0.1, -0.05) is 13.3 Å². The molecular formula is C15H24N4O. The zero-order valence-electron chi connectivity index (χ0n) is 12.4. The second kappa shape index (κ2) is 5.95. The summed E-state index contributed by atoms with van der Waals surface area (Å²) in [5.74, 6) is 2.11. The van der Waals surface area contributed by atoms with Crippen LogP contribution in [-0.2, 0) is 11.2 Å². The van der Waals surface area contributed by atoms with Gasteiger partial charge in [-0.2, -0.15) is 0 Å². The van der Waals surface area contributed by atoms with Gasteiger partial charge in [0.05, 0.1) is 12.2 Å². The van der Waals surface area contributed by atoms with Gasteiger partial charge < -0.3 is 15.0 Å². The number of nitrogens with one attached hydrogen (secondary N) is 1. The summed E-state index contributed by atoms with van der Waals surface area (Å²) in [6.45, 7) is 7.13. The van der Waals surface area contributed by atoms with Crippen molar-refractivity contribution in [1.82, 2.24) is 9.97 Å². The highest BCUT2D eigenvalue weighted by Crippen LogP contribution is 2.32. The minimum Gasteiger partial charge on any atom is -0.371 e. The van der Waals surface area contributed by atoms with Crippen molar-refractivity contribution in [2.75, 3.05) is 29.9 Å². The number of anilines is 2. The zero-order chi connectivity index (χ0) is 13.9. The Kier molecular flexibility index (Phi) is 4.05. The molecule has 2 aliphatic heterocycles. The van der Waals surface area contributed by atoms with Gasteiger partial charge in [-0.15, -0.1) is 0 Å². The molecule has 2 bridgehead atoms. The molecule has 5 heteroatoms. The van der Waals surface area contributed by atoms with Crippen LogP contribution in [0, 0.1) is 0 Å². The first-order valence-electron chi connectivity index (χ1n) is 7.80. The van der Waals surface area contributed by atoms with E-state index < -0.39 is 0 Å². The van der Waals surface area contributed by atoms with Crippen LogP contribution in [0.25, 0.3) is 0 Å². The third-order valence-electron chi connectivity index (χ3n) is 4.11. The van der Waals surface area contributed by atoms with Crippen molar-refractivity contribution in [1.29, 1.82) is 0 Å². The Labute approximate surface area is 120 Å². The Morgan fingerprint density at radius 3 is 2.65 bits per heavy atom. The molecule has 3 heterocycles.